The molecule has 8 heteroatoms. The summed E-state index contributed by atoms with van der Waals surface area (Å²) in [6.45, 7) is 7.62. The number of fused-ring (bicyclic) bond motifs is 4. The van der Waals surface area contributed by atoms with Crippen molar-refractivity contribution in [2.24, 2.45) is 29.6 Å². The first kappa shape index (κ1) is 30.4. The Morgan fingerprint density at radius 3 is 2.27 bits per heavy atom. The van der Waals surface area contributed by atoms with Gasteiger partial charge in [0.1, 0.15) is 11.8 Å². The molecular weight excluding hydrogens is 582 g/mol. The molecule has 0 aromatic heterocycles. The third-order valence-corrected chi connectivity index (χ3v) is 11.8. The molecule has 45 heavy (non-hydrogen) atoms. The molecule has 2 aliphatic heterocycles. The Morgan fingerprint density at radius 1 is 0.867 bits per heavy atom. The van der Waals surface area contributed by atoms with Crippen LogP contribution in [-0.4, -0.2) is 81.2 Å². The van der Waals surface area contributed by atoms with E-state index in [-0.39, 0.29) is 5.92 Å². The van der Waals surface area contributed by atoms with Crippen LogP contribution >= 0.6 is 11.6 Å². The molecule has 6 aliphatic rings. The number of rotatable bonds is 5. The molecule has 0 spiro atoms. The van der Waals surface area contributed by atoms with Crippen LogP contribution in [0.5, 0.6) is 5.75 Å². The Labute approximate surface area is 273 Å². The van der Waals surface area contributed by atoms with Crippen LogP contribution in [0, 0.1) is 40.9 Å². The van der Waals surface area contributed by atoms with Gasteiger partial charge in [0.25, 0.3) is 0 Å². The molecule has 1 amide bonds. The molecule has 2 aromatic carbocycles. The van der Waals surface area contributed by atoms with Gasteiger partial charge in [-0.15, -0.1) is 0 Å². The normalized spacial score (nSPS) is 30.3. The Bertz CT molecular complexity index is 1440. The number of amides is 1. The number of allylic oxidation sites excluding steroid dienone is 2. The summed E-state index contributed by atoms with van der Waals surface area (Å²) >= 11 is 6.14. The number of nitriles is 1. The van der Waals surface area contributed by atoms with Gasteiger partial charge in [-0.05, 0) is 86.1 Å². The lowest BCUT2D eigenvalue weighted by molar-refractivity contribution is -0.136. The molecule has 5 fully saturated rings. The summed E-state index contributed by atoms with van der Waals surface area (Å²) in [5.41, 5.74) is 2.94. The standard InChI is InChI=1S/C19H23ClN2O2.C18H23N3/c1-24-18-5-4-15(20)12-17(18)21-6-8-22(9-7-21)19(23)16-11-13-2-3-14(16)10-13;19-13-16-3-1-2-4-17(16)20-7-9-21(10-8-20)18-12-14-5-6-15(18)11-14/h2-5,12-14,16H,6-11H2,1H3;1-4,14-15,18H,5-12H2. The first-order chi connectivity index (χ1) is 22.0. The van der Waals surface area contributed by atoms with E-state index in [1.54, 1.807) is 7.11 Å². The van der Waals surface area contributed by atoms with Gasteiger partial charge in [0.15, 0.2) is 0 Å². The lowest BCUT2D eigenvalue weighted by Crippen LogP contribution is -2.51. The molecule has 7 nitrogen and oxygen atoms in total. The van der Waals surface area contributed by atoms with Crippen LogP contribution in [0.2, 0.25) is 5.02 Å². The molecule has 2 heterocycles. The maximum Gasteiger partial charge on any atom is 0.226 e. The van der Waals surface area contributed by atoms with E-state index in [2.05, 4.69) is 39.0 Å². The number of anilines is 2. The monoisotopic (exact) mass is 627 g/mol. The summed E-state index contributed by atoms with van der Waals surface area (Å²) in [6, 6.07) is 16.9. The molecule has 2 saturated heterocycles. The summed E-state index contributed by atoms with van der Waals surface area (Å²) in [4.78, 5) is 22.3. The van der Waals surface area contributed by atoms with Crippen molar-refractivity contribution in [2.75, 3.05) is 69.3 Å². The zero-order chi connectivity index (χ0) is 30.9. The fourth-order valence-corrected chi connectivity index (χ4v) is 9.34. The number of ether oxygens (including phenoxy) is 1. The highest BCUT2D eigenvalue weighted by Crippen LogP contribution is 2.47. The van der Waals surface area contributed by atoms with Crippen molar-refractivity contribution in [1.29, 1.82) is 5.26 Å². The molecule has 238 valence electrons. The summed E-state index contributed by atoms with van der Waals surface area (Å²) in [6.07, 6.45) is 12.6. The van der Waals surface area contributed by atoms with Crippen LogP contribution in [0.25, 0.3) is 0 Å². The maximum atomic E-state index is 12.8. The Morgan fingerprint density at radius 2 is 1.62 bits per heavy atom. The average Bonchev–Trinajstić information content (AvgIpc) is 3.92. The second-order valence-corrected chi connectivity index (χ2v) is 14.3. The molecule has 3 saturated carbocycles. The zero-order valence-corrected chi connectivity index (χ0v) is 27.2. The average molecular weight is 628 g/mol. The van der Waals surface area contributed by atoms with Crippen molar-refractivity contribution in [3.63, 3.8) is 0 Å². The second-order valence-electron chi connectivity index (χ2n) is 13.9. The van der Waals surface area contributed by atoms with Gasteiger partial charge in [-0.1, -0.05) is 42.3 Å². The largest absolute Gasteiger partial charge is 0.495 e. The fourth-order valence-electron chi connectivity index (χ4n) is 9.17. The van der Waals surface area contributed by atoms with E-state index in [0.29, 0.717) is 22.8 Å². The Balaban J connectivity index is 0.000000146. The molecule has 0 radical (unpaired) electrons. The van der Waals surface area contributed by atoms with Gasteiger partial charge in [0.2, 0.25) is 5.91 Å². The van der Waals surface area contributed by atoms with Gasteiger partial charge in [0.05, 0.1) is 24.0 Å². The fraction of sp³-hybridized carbons (Fsp3) is 0.568. The number of piperazine rings is 2. The van der Waals surface area contributed by atoms with E-state index in [0.717, 1.165) is 99.3 Å². The maximum absolute atomic E-state index is 12.8. The zero-order valence-electron chi connectivity index (χ0n) is 26.5. The van der Waals surface area contributed by atoms with E-state index in [9.17, 15) is 10.1 Å². The minimum absolute atomic E-state index is 0.215. The molecule has 6 atom stereocenters. The predicted octanol–water partition coefficient (Wildman–Crippen LogP) is 6.08. The lowest BCUT2D eigenvalue weighted by Gasteiger charge is -2.42. The molecule has 2 aromatic rings. The van der Waals surface area contributed by atoms with Crippen molar-refractivity contribution in [2.45, 2.75) is 44.6 Å². The second kappa shape index (κ2) is 13.3. The molecule has 8 rings (SSSR count). The Hall–Kier alpha value is -3.21. The van der Waals surface area contributed by atoms with Gasteiger partial charge in [-0.2, -0.15) is 5.26 Å². The van der Waals surface area contributed by atoms with Gasteiger partial charge in [0, 0.05) is 69.3 Å². The quantitative estimate of drug-likeness (QED) is 0.375. The van der Waals surface area contributed by atoms with E-state index < -0.39 is 0 Å². The van der Waals surface area contributed by atoms with Crippen molar-refractivity contribution < 1.29 is 9.53 Å². The number of carbonyl (C=O) groups is 1. The van der Waals surface area contributed by atoms with Crippen LogP contribution in [0.15, 0.2) is 54.6 Å². The van der Waals surface area contributed by atoms with Gasteiger partial charge in [-0.3, -0.25) is 9.69 Å². The predicted molar refractivity (Wildman–Crippen MR) is 180 cm³/mol. The number of para-hydroxylation sites is 1. The molecule has 0 N–H and O–H groups in total. The summed E-state index contributed by atoms with van der Waals surface area (Å²) in [5.74, 6) is 4.52. The number of benzene rings is 2. The lowest BCUT2D eigenvalue weighted by atomic mass is 9.92. The minimum Gasteiger partial charge on any atom is -0.495 e. The highest BCUT2D eigenvalue weighted by Gasteiger charge is 2.43. The smallest absolute Gasteiger partial charge is 0.226 e. The molecule has 6 unspecified atom stereocenters. The van der Waals surface area contributed by atoms with E-state index in [1.165, 1.54) is 32.1 Å². The number of hydrogen-bond donors (Lipinski definition) is 0. The SMILES string of the molecule is COc1ccc(Cl)cc1N1CCN(C(=O)C2CC3C=CC2C3)CC1.N#Cc1ccccc1N1CCN(C2CC3CCC2C3)CC1. The van der Waals surface area contributed by atoms with E-state index in [1.807, 2.05) is 41.3 Å². The topological polar surface area (TPSA) is 63.1 Å². The van der Waals surface area contributed by atoms with Crippen molar-refractivity contribution in [1.82, 2.24) is 9.80 Å². The third kappa shape index (κ3) is 6.29. The summed E-state index contributed by atoms with van der Waals surface area (Å²) < 4.78 is 5.45. The van der Waals surface area contributed by atoms with Crippen LogP contribution in [0.3, 0.4) is 0 Å². The van der Waals surface area contributed by atoms with Gasteiger partial charge < -0.3 is 19.4 Å². The number of nitrogens with zero attached hydrogens (tertiary/aromatic N) is 5. The first-order valence-electron chi connectivity index (χ1n) is 17.0. The Kier molecular flexibility index (Phi) is 8.97. The molecule has 4 aliphatic carbocycles. The van der Waals surface area contributed by atoms with Crippen molar-refractivity contribution in [3.05, 3.63) is 65.2 Å². The highest BCUT2D eigenvalue weighted by molar-refractivity contribution is 6.31. The number of methoxy groups -OCH3 is 1. The van der Waals surface area contributed by atoms with Crippen molar-refractivity contribution >= 4 is 28.9 Å². The number of hydrogen-bond acceptors (Lipinski definition) is 6. The van der Waals surface area contributed by atoms with E-state index in [4.69, 9.17) is 16.3 Å². The van der Waals surface area contributed by atoms with Gasteiger partial charge >= 0.3 is 0 Å². The summed E-state index contributed by atoms with van der Waals surface area (Å²) in [5, 5.41) is 9.96. The van der Waals surface area contributed by atoms with Crippen LogP contribution in [0.4, 0.5) is 11.4 Å². The van der Waals surface area contributed by atoms with Crippen LogP contribution in [0.1, 0.15) is 44.1 Å². The van der Waals surface area contributed by atoms with Crippen molar-refractivity contribution in [3.8, 4) is 11.8 Å². The molecule has 4 bridgehead atoms. The number of carbonyl (C=O) groups excluding carboxylic acids is 1. The third-order valence-electron chi connectivity index (χ3n) is 11.5. The van der Waals surface area contributed by atoms with E-state index >= 15 is 0 Å². The number of halogens is 1. The van der Waals surface area contributed by atoms with Crippen LogP contribution in [-0.2, 0) is 4.79 Å². The summed E-state index contributed by atoms with van der Waals surface area (Å²) in [7, 11) is 1.68. The minimum atomic E-state index is 0.215. The van der Waals surface area contributed by atoms with Crippen LogP contribution < -0.4 is 14.5 Å². The first-order valence-corrected chi connectivity index (χ1v) is 17.4. The molecular formula is C37H46ClN5O2. The van der Waals surface area contributed by atoms with Gasteiger partial charge in [-0.25, -0.2) is 0 Å². The highest BCUT2D eigenvalue weighted by atomic mass is 35.5.